The number of carbonyl (C=O) groups excluding carboxylic acids is 1. The Kier molecular flexibility index (Phi) is 3.54. The molecule has 0 atom stereocenters. The molecular formula is C13H12F3NO3. The number of hydrogen-bond acceptors (Lipinski definition) is 3. The van der Waals surface area contributed by atoms with Crippen LogP contribution in [-0.2, 0) is 21.2 Å². The predicted octanol–water partition coefficient (Wildman–Crippen LogP) is 2.57. The van der Waals surface area contributed by atoms with Crippen molar-refractivity contribution in [2.45, 2.75) is 37.3 Å². The zero-order chi connectivity index (χ0) is 15.0. The number of aromatic nitrogens is 1. The lowest BCUT2D eigenvalue weighted by Crippen LogP contribution is -2.41. The van der Waals surface area contributed by atoms with Gasteiger partial charge in [-0.3, -0.25) is 14.6 Å². The van der Waals surface area contributed by atoms with Gasteiger partial charge in [0.15, 0.2) is 0 Å². The zero-order valence-corrected chi connectivity index (χ0v) is 10.4. The molecule has 20 heavy (non-hydrogen) atoms. The highest BCUT2D eigenvalue weighted by atomic mass is 19.4. The van der Waals surface area contributed by atoms with E-state index in [0.29, 0.717) is 0 Å². The molecule has 108 valence electrons. The molecule has 1 aliphatic rings. The number of carbonyl (C=O) groups is 2. The van der Waals surface area contributed by atoms with Gasteiger partial charge in [0.1, 0.15) is 11.5 Å². The fourth-order valence-corrected chi connectivity index (χ4v) is 2.57. The van der Waals surface area contributed by atoms with Gasteiger partial charge in [-0.25, -0.2) is 0 Å². The van der Waals surface area contributed by atoms with Gasteiger partial charge in [0, 0.05) is 24.6 Å². The molecular weight excluding hydrogens is 275 g/mol. The van der Waals surface area contributed by atoms with Crippen molar-refractivity contribution in [3.8, 4) is 0 Å². The monoisotopic (exact) mass is 287 g/mol. The van der Waals surface area contributed by atoms with Crippen molar-refractivity contribution in [2.75, 3.05) is 0 Å². The van der Waals surface area contributed by atoms with Crippen LogP contribution in [-0.4, -0.2) is 21.8 Å². The van der Waals surface area contributed by atoms with Crippen LogP contribution in [0.4, 0.5) is 13.2 Å². The molecule has 1 heterocycles. The van der Waals surface area contributed by atoms with Crippen LogP contribution in [0.5, 0.6) is 0 Å². The molecule has 0 aromatic carbocycles. The second-order valence-electron chi connectivity index (χ2n) is 4.82. The molecule has 1 aromatic rings. The van der Waals surface area contributed by atoms with Gasteiger partial charge in [0.05, 0.1) is 5.41 Å². The first-order chi connectivity index (χ1) is 9.27. The minimum absolute atomic E-state index is 0.0293. The molecule has 0 amide bonds. The minimum atomic E-state index is -4.72. The van der Waals surface area contributed by atoms with Gasteiger partial charge in [-0.05, 0) is 18.9 Å². The molecule has 0 unspecified atom stereocenters. The summed E-state index contributed by atoms with van der Waals surface area (Å²) in [7, 11) is 0. The molecule has 0 aliphatic heterocycles. The summed E-state index contributed by atoms with van der Waals surface area (Å²) in [6, 6.07) is 2.42. The molecule has 1 fully saturated rings. The third-order valence-corrected chi connectivity index (χ3v) is 3.66. The third-order valence-electron chi connectivity index (χ3n) is 3.66. The van der Waals surface area contributed by atoms with Crippen LogP contribution in [0.25, 0.3) is 0 Å². The van der Waals surface area contributed by atoms with Crippen LogP contribution < -0.4 is 0 Å². The van der Waals surface area contributed by atoms with E-state index in [1.165, 1.54) is 6.07 Å². The van der Waals surface area contributed by atoms with E-state index in [2.05, 4.69) is 4.98 Å². The number of halogens is 3. The SMILES string of the molecule is O=C1CCC(C(=O)O)(c2cccnc2C(F)(F)F)CC1. The van der Waals surface area contributed by atoms with Gasteiger partial charge in [0.2, 0.25) is 0 Å². The van der Waals surface area contributed by atoms with E-state index in [1.807, 2.05) is 0 Å². The van der Waals surface area contributed by atoms with Crippen LogP contribution in [0.15, 0.2) is 18.3 Å². The fraction of sp³-hybridized carbons (Fsp3) is 0.462. The van der Waals surface area contributed by atoms with Gasteiger partial charge in [-0.2, -0.15) is 13.2 Å². The summed E-state index contributed by atoms with van der Waals surface area (Å²) in [4.78, 5) is 26.1. The van der Waals surface area contributed by atoms with E-state index < -0.39 is 23.3 Å². The number of rotatable bonds is 2. The van der Waals surface area contributed by atoms with Crippen molar-refractivity contribution >= 4 is 11.8 Å². The second-order valence-corrected chi connectivity index (χ2v) is 4.82. The summed E-state index contributed by atoms with van der Waals surface area (Å²) in [5.41, 5.74) is -3.23. The topological polar surface area (TPSA) is 67.3 Å². The summed E-state index contributed by atoms with van der Waals surface area (Å²) in [6.45, 7) is 0. The van der Waals surface area contributed by atoms with Gasteiger partial charge in [0.25, 0.3) is 0 Å². The first kappa shape index (κ1) is 14.5. The molecule has 0 saturated heterocycles. The highest BCUT2D eigenvalue weighted by molar-refractivity contribution is 5.87. The van der Waals surface area contributed by atoms with Crippen LogP contribution in [0.3, 0.4) is 0 Å². The lowest BCUT2D eigenvalue weighted by atomic mass is 9.68. The summed E-state index contributed by atoms with van der Waals surface area (Å²) in [5, 5.41) is 9.41. The number of Topliss-reactive ketones (excluding diaryl/α,β-unsaturated/α-hetero) is 1. The minimum Gasteiger partial charge on any atom is -0.481 e. The quantitative estimate of drug-likeness (QED) is 0.907. The average molecular weight is 287 g/mol. The molecule has 0 spiro atoms. The number of alkyl halides is 3. The first-order valence-electron chi connectivity index (χ1n) is 6.05. The highest BCUT2D eigenvalue weighted by Gasteiger charge is 2.49. The maximum absolute atomic E-state index is 13.0. The van der Waals surface area contributed by atoms with Crippen LogP contribution in [0.1, 0.15) is 36.9 Å². The van der Waals surface area contributed by atoms with Gasteiger partial charge in [-0.1, -0.05) is 6.07 Å². The van der Waals surface area contributed by atoms with E-state index in [0.717, 1.165) is 12.3 Å². The Hall–Kier alpha value is -1.92. The lowest BCUT2D eigenvalue weighted by molar-refractivity contribution is -0.149. The van der Waals surface area contributed by atoms with Crippen molar-refractivity contribution in [3.05, 3.63) is 29.6 Å². The Morgan fingerprint density at radius 1 is 1.30 bits per heavy atom. The molecule has 1 aromatic heterocycles. The van der Waals surface area contributed by atoms with Crippen molar-refractivity contribution in [2.24, 2.45) is 0 Å². The number of pyridine rings is 1. The number of carboxylic acids is 1. The molecule has 7 heteroatoms. The van der Waals surface area contributed by atoms with Crippen molar-refractivity contribution in [1.82, 2.24) is 4.98 Å². The number of ketones is 1. The second kappa shape index (κ2) is 4.88. The Morgan fingerprint density at radius 2 is 1.90 bits per heavy atom. The van der Waals surface area contributed by atoms with E-state index in [9.17, 15) is 27.9 Å². The standard InChI is InChI=1S/C13H12F3NO3/c14-13(15,16)10-9(2-1-7-17-10)12(11(19)20)5-3-8(18)4-6-12/h1-2,7H,3-6H2,(H,19,20). The largest absolute Gasteiger partial charge is 0.481 e. The maximum atomic E-state index is 13.0. The van der Waals surface area contributed by atoms with E-state index in [4.69, 9.17) is 0 Å². The summed E-state index contributed by atoms with van der Waals surface area (Å²) < 4.78 is 39.0. The molecule has 4 nitrogen and oxygen atoms in total. The number of hydrogen-bond donors (Lipinski definition) is 1. The molecule has 1 saturated carbocycles. The van der Waals surface area contributed by atoms with Crippen molar-refractivity contribution in [3.63, 3.8) is 0 Å². The molecule has 1 aliphatic carbocycles. The van der Waals surface area contributed by atoms with Gasteiger partial charge < -0.3 is 5.11 Å². The van der Waals surface area contributed by atoms with Gasteiger partial charge in [-0.15, -0.1) is 0 Å². The molecule has 2 rings (SSSR count). The smallest absolute Gasteiger partial charge is 0.433 e. The Bertz CT molecular complexity index is 544. The van der Waals surface area contributed by atoms with E-state index in [1.54, 1.807) is 0 Å². The van der Waals surface area contributed by atoms with E-state index >= 15 is 0 Å². The lowest BCUT2D eigenvalue weighted by Gasteiger charge is -2.34. The van der Waals surface area contributed by atoms with Crippen LogP contribution >= 0.6 is 0 Å². The average Bonchev–Trinajstić information content (AvgIpc) is 2.38. The first-order valence-corrected chi connectivity index (χ1v) is 6.05. The normalized spacial score (nSPS) is 18.9. The molecule has 0 radical (unpaired) electrons. The Morgan fingerprint density at radius 3 is 2.40 bits per heavy atom. The van der Waals surface area contributed by atoms with Crippen molar-refractivity contribution < 1.29 is 27.9 Å². The number of aliphatic carboxylic acids is 1. The number of carboxylic acid groups (broad SMARTS) is 1. The number of nitrogens with zero attached hydrogens (tertiary/aromatic N) is 1. The fourth-order valence-electron chi connectivity index (χ4n) is 2.57. The summed E-state index contributed by atoms with van der Waals surface area (Å²) in [6.07, 6.45) is -4.06. The van der Waals surface area contributed by atoms with E-state index in [-0.39, 0.29) is 37.0 Å². The van der Waals surface area contributed by atoms with Crippen LogP contribution in [0, 0.1) is 0 Å². The zero-order valence-electron chi connectivity index (χ0n) is 10.4. The van der Waals surface area contributed by atoms with Gasteiger partial charge >= 0.3 is 12.1 Å². The maximum Gasteiger partial charge on any atom is 0.433 e. The Balaban J connectivity index is 2.57. The van der Waals surface area contributed by atoms with Crippen molar-refractivity contribution in [1.29, 1.82) is 0 Å². The third kappa shape index (κ3) is 2.39. The molecule has 1 N–H and O–H groups in total. The predicted molar refractivity (Wildman–Crippen MR) is 62.0 cm³/mol. The Labute approximate surface area is 112 Å². The summed E-state index contributed by atoms with van der Waals surface area (Å²) in [5.74, 6) is -1.47. The summed E-state index contributed by atoms with van der Waals surface area (Å²) >= 11 is 0. The molecule has 0 bridgehead atoms. The highest BCUT2D eigenvalue weighted by Crippen LogP contribution is 2.43. The van der Waals surface area contributed by atoms with Crippen LogP contribution in [0.2, 0.25) is 0 Å².